The van der Waals surface area contributed by atoms with Crippen molar-refractivity contribution in [3.05, 3.63) is 34.9 Å². The molecule has 2 rings (SSSR count). The fourth-order valence-corrected chi connectivity index (χ4v) is 3.14. The van der Waals surface area contributed by atoms with Gasteiger partial charge in [-0.2, -0.15) is 0 Å². The molecule has 1 aliphatic heterocycles. The van der Waals surface area contributed by atoms with Crippen LogP contribution in [0.1, 0.15) is 5.56 Å². The second kappa shape index (κ2) is 7.68. The maximum Gasteiger partial charge on any atom is 0.328 e. The summed E-state index contributed by atoms with van der Waals surface area (Å²) in [6, 6.07) is 6.58. The van der Waals surface area contributed by atoms with E-state index in [-0.39, 0.29) is 18.3 Å². The number of nitrogens with zero attached hydrogens (tertiary/aromatic N) is 1. The van der Waals surface area contributed by atoms with Gasteiger partial charge in [0.2, 0.25) is 5.91 Å². The van der Waals surface area contributed by atoms with Crippen LogP contribution in [0.15, 0.2) is 24.3 Å². The van der Waals surface area contributed by atoms with Gasteiger partial charge in [-0.15, -0.1) is 11.8 Å². The third-order valence-electron chi connectivity index (χ3n) is 3.12. The van der Waals surface area contributed by atoms with Gasteiger partial charge in [-0.25, -0.2) is 4.79 Å². The van der Waals surface area contributed by atoms with Crippen molar-refractivity contribution in [2.45, 2.75) is 11.8 Å². The van der Waals surface area contributed by atoms with Crippen molar-refractivity contribution in [2.75, 3.05) is 25.5 Å². The predicted molar refractivity (Wildman–Crippen MR) is 81.6 cm³/mol. The SMILES string of the molecule is O=C(O)C1COCCN1C(=O)CSCc1cccc(Cl)c1. The summed E-state index contributed by atoms with van der Waals surface area (Å²) >= 11 is 7.35. The minimum atomic E-state index is -1.03. The highest BCUT2D eigenvalue weighted by Crippen LogP contribution is 2.18. The van der Waals surface area contributed by atoms with Crippen LogP contribution >= 0.6 is 23.4 Å². The second-order valence-corrected chi connectivity index (χ2v) is 6.06. The lowest BCUT2D eigenvalue weighted by Gasteiger charge is -2.32. The Labute approximate surface area is 132 Å². The van der Waals surface area contributed by atoms with Crippen LogP contribution in [0.2, 0.25) is 5.02 Å². The Kier molecular flexibility index (Phi) is 5.90. The minimum absolute atomic E-state index is 0.0556. The van der Waals surface area contributed by atoms with Crippen LogP contribution in [0.4, 0.5) is 0 Å². The second-order valence-electron chi connectivity index (χ2n) is 4.64. The molecule has 0 radical (unpaired) electrons. The van der Waals surface area contributed by atoms with Crippen molar-refractivity contribution in [3.8, 4) is 0 Å². The Bertz CT molecular complexity index is 525. The molecule has 1 saturated heterocycles. The van der Waals surface area contributed by atoms with Crippen LogP contribution in [-0.2, 0) is 20.1 Å². The maximum atomic E-state index is 12.1. The van der Waals surface area contributed by atoms with Gasteiger partial charge in [0.15, 0.2) is 6.04 Å². The zero-order chi connectivity index (χ0) is 15.2. The highest BCUT2D eigenvalue weighted by Gasteiger charge is 2.32. The Hall–Kier alpha value is -1.24. The summed E-state index contributed by atoms with van der Waals surface area (Å²) in [4.78, 5) is 24.6. The molecule has 1 atom stereocenters. The van der Waals surface area contributed by atoms with E-state index in [2.05, 4.69) is 0 Å². The number of morpholine rings is 1. The van der Waals surface area contributed by atoms with E-state index in [4.69, 9.17) is 21.4 Å². The lowest BCUT2D eigenvalue weighted by molar-refractivity contribution is -0.157. The standard InChI is InChI=1S/C14H16ClNO4S/c15-11-3-1-2-10(6-11)8-21-9-13(17)16-4-5-20-7-12(16)14(18)19/h1-3,6,12H,4-5,7-9H2,(H,18,19). The lowest BCUT2D eigenvalue weighted by atomic mass is 10.2. The van der Waals surface area contributed by atoms with Gasteiger partial charge in [-0.3, -0.25) is 4.79 Å². The number of carbonyl (C=O) groups excluding carboxylic acids is 1. The van der Waals surface area contributed by atoms with Gasteiger partial charge in [0.1, 0.15) is 0 Å². The molecule has 1 N–H and O–H groups in total. The van der Waals surface area contributed by atoms with Gasteiger partial charge in [0.25, 0.3) is 0 Å². The lowest BCUT2D eigenvalue weighted by Crippen LogP contribution is -2.53. The maximum absolute atomic E-state index is 12.1. The summed E-state index contributed by atoms with van der Waals surface area (Å²) in [5.74, 6) is -0.286. The molecule has 0 aromatic heterocycles. The zero-order valence-electron chi connectivity index (χ0n) is 11.3. The van der Waals surface area contributed by atoms with Crippen molar-refractivity contribution < 1.29 is 19.4 Å². The highest BCUT2D eigenvalue weighted by molar-refractivity contribution is 7.99. The normalized spacial score (nSPS) is 18.5. The van der Waals surface area contributed by atoms with Gasteiger partial charge < -0.3 is 14.7 Å². The number of carbonyl (C=O) groups is 2. The van der Waals surface area contributed by atoms with Gasteiger partial charge in [0.05, 0.1) is 19.0 Å². The molecule has 1 heterocycles. The number of hydrogen-bond acceptors (Lipinski definition) is 4. The molecule has 21 heavy (non-hydrogen) atoms. The summed E-state index contributed by atoms with van der Waals surface area (Å²) in [6.07, 6.45) is 0. The van der Waals surface area contributed by atoms with Crippen molar-refractivity contribution in [1.82, 2.24) is 4.90 Å². The number of halogens is 1. The van der Waals surface area contributed by atoms with Crippen LogP contribution in [0.3, 0.4) is 0 Å². The Morgan fingerprint density at radius 1 is 1.48 bits per heavy atom. The molecule has 1 aromatic rings. The molecule has 7 heteroatoms. The van der Waals surface area contributed by atoms with Crippen molar-refractivity contribution in [3.63, 3.8) is 0 Å². The average molecular weight is 330 g/mol. The number of thioether (sulfide) groups is 1. The van der Waals surface area contributed by atoms with Crippen LogP contribution < -0.4 is 0 Å². The third kappa shape index (κ3) is 4.62. The predicted octanol–water partition coefficient (Wildman–Crippen LogP) is 1.89. The molecule has 0 bridgehead atoms. The van der Waals surface area contributed by atoms with E-state index in [0.29, 0.717) is 23.9 Å². The third-order valence-corrected chi connectivity index (χ3v) is 4.34. The molecule has 1 fully saturated rings. The number of carboxylic acids is 1. The first-order chi connectivity index (χ1) is 10.1. The Morgan fingerprint density at radius 3 is 3.00 bits per heavy atom. The molecule has 0 saturated carbocycles. The van der Waals surface area contributed by atoms with E-state index in [1.54, 1.807) is 6.07 Å². The summed E-state index contributed by atoms with van der Waals surface area (Å²) in [5.41, 5.74) is 1.04. The number of hydrogen-bond donors (Lipinski definition) is 1. The van der Waals surface area contributed by atoms with Gasteiger partial charge >= 0.3 is 5.97 Å². The number of benzene rings is 1. The molecule has 5 nitrogen and oxygen atoms in total. The van der Waals surface area contributed by atoms with Crippen LogP contribution in [-0.4, -0.2) is 53.4 Å². The fourth-order valence-electron chi connectivity index (χ4n) is 2.07. The quantitative estimate of drug-likeness (QED) is 0.893. The minimum Gasteiger partial charge on any atom is -0.480 e. The highest BCUT2D eigenvalue weighted by atomic mass is 35.5. The molecule has 1 unspecified atom stereocenters. The van der Waals surface area contributed by atoms with Crippen LogP contribution in [0.5, 0.6) is 0 Å². The van der Waals surface area contributed by atoms with Gasteiger partial charge in [-0.05, 0) is 17.7 Å². The number of carboxylic acid groups (broad SMARTS) is 1. The summed E-state index contributed by atoms with van der Waals surface area (Å²) in [7, 11) is 0. The van der Waals surface area contributed by atoms with Gasteiger partial charge in [-0.1, -0.05) is 23.7 Å². The first-order valence-corrected chi connectivity index (χ1v) is 8.03. The smallest absolute Gasteiger partial charge is 0.328 e. The van der Waals surface area contributed by atoms with Crippen LogP contribution in [0.25, 0.3) is 0 Å². The number of ether oxygens (including phenoxy) is 1. The van der Waals surface area contributed by atoms with Crippen molar-refractivity contribution in [2.24, 2.45) is 0 Å². The molecular formula is C14H16ClNO4S. The summed E-state index contributed by atoms with van der Waals surface area (Å²) in [5, 5.41) is 9.76. The molecule has 114 valence electrons. The van der Waals surface area contributed by atoms with E-state index in [9.17, 15) is 9.59 Å². The Balaban J connectivity index is 1.84. The zero-order valence-corrected chi connectivity index (χ0v) is 12.9. The largest absolute Gasteiger partial charge is 0.480 e. The monoisotopic (exact) mass is 329 g/mol. The molecule has 1 aliphatic rings. The first kappa shape index (κ1) is 16.1. The number of amides is 1. The molecule has 0 spiro atoms. The first-order valence-electron chi connectivity index (χ1n) is 6.50. The van der Waals surface area contributed by atoms with Crippen molar-refractivity contribution >= 4 is 35.2 Å². The van der Waals surface area contributed by atoms with Crippen molar-refractivity contribution in [1.29, 1.82) is 0 Å². The van der Waals surface area contributed by atoms with E-state index < -0.39 is 12.0 Å². The van der Waals surface area contributed by atoms with E-state index in [1.165, 1.54) is 16.7 Å². The summed E-state index contributed by atoms with van der Waals surface area (Å²) in [6.45, 7) is 0.766. The topological polar surface area (TPSA) is 66.8 Å². The van der Waals surface area contributed by atoms with E-state index >= 15 is 0 Å². The van der Waals surface area contributed by atoms with Gasteiger partial charge in [0, 0.05) is 17.3 Å². The molecule has 0 aliphatic carbocycles. The number of aliphatic carboxylic acids is 1. The average Bonchev–Trinajstić information content (AvgIpc) is 2.47. The number of rotatable bonds is 5. The van der Waals surface area contributed by atoms with Crippen LogP contribution in [0, 0.1) is 0 Å². The Morgan fingerprint density at radius 2 is 2.29 bits per heavy atom. The van der Waals surface area contributed by atoms with E-state index in [1.807, 2.05) is 18.2 Å². The fraction of sp³-hybridized carbons (Fsp3) is 0.429. The molecule has 1 amide bonds. The molecule has 1 aromatic carbocycles. The summed E-state index contributed by atoms with van der Waals surface area (Å²) < 4.78 is 5.11. The molecular weight excluding hydrogens is 314 g/mol. The van der Waals surface area contributed by atoms with E-state index in [0.717, 1.165) is 5.56 Å².